The Kier molecular flexibility index (Phi) is 2.35. The second-order valence-corrected chi connectivity index (χ2v) is 2.99. The van der Waals surface area contributed by atoms with Crippen molar-refractivity contribution < 1.29 is 14.3 Å². The van der Waals surface area contributed by atoms with Crippen molar-refractivity contribution in [3.8, 4) is 0 Å². The highest BCUT2D eigenvalue weighted by Crippen LogP contribution is 2.23. The van der Waals surface area contributed by atoms with Crippen LogP contribution in [0.3, 0.4) is 0 Å². The third-order valence-corrected chi connectivity index (χ3v) is 2.68. The summed E-state index contributed by atoms with van der Waals surface area (Å²) in [4.78, 5) is 10.3. The van der Waals surface area contributed by atoms with Crippen molar-refractivity contribution >= 4 is 28.7 Å². The maximum absolute atomic E-state index is 10.3. The molecule has 0 atom stereocenters. The van der Waals surface area contributed by atoms with Gasteiger partial charge in [0.05, 0.1) is 13.2 Å². The second kappa shape index (κ2) is 2.91. The molecule has 0 saturated carbocycles. The van der Waals surface area contributed by atoms with Crippen LogP contribution < -0.4 is 5.73 Å². The maximum Gasteiger partial charge on any atom is 0.405 e. The zero-order valence-electron chi connectivity index (χ0n) is 5.30. The Hall–Kier alpha value is -0.0400. The fourth-order valence-corrected chi connectivity index (χ4v) is 1.30. The van der Waals surface area contributed by atoms with Crippen LogP contribution in [0.15, 0.2) is 0 Å². The van der Waals surface area contributed by atoms with Crippen LogP contribution in [0.4, 0.5) is 4.79 Å². The molecule has 0 bridgehead atoms. The Labute approximate surface area is 72.2 Å². The summed E-state index contributed by atoms with van der Waals surface area (Å²) in [7, 11) is 0. The Morgan fingerprint density at radius 1 is 1.80 bits per heavy atom. The number of amides is 1. The van der Waals surface area contributed by atoms with E-state index in [1.54, 1.807) is 0 Å². The van der Waals surface area contributed by atoms with Crippen LogP contribution in [0, 0.1) is 0 Å². The van der Waals surface area contributed by atoms with Crippen molar-refractivity contribution in [3.63, 3.8) is 0 Å². The Morgan fingerprint density at radius 2 is 2.40 bits per heavy atom. The van der Waals surface area contributed by atoms with E-state index in [-0.39, 0.29) is 0 Å². The molecule has 0 aromatic rings. The van der Waals surface area contributed by atoms with Crippen molar-refractivity contribution in [3.05, 3.63) is 0 Å². The lowest BCUT2D eigenvalue weighted by Crippen LogP contribution is -2.55. The molecule has 0 spiro atoms. The summed E-state index contributed by atoms with van der Waals surface area (Å²) in [5, 5.41) is 0. The number of hydrogen-bond acceptors (Lipinski definition) is 3. The molecule has 0 aromatic carbocycles. The molecule has 1 saturated heterocycles. The molecule has 5 heteroatoms. The predicted molar refractivity (Wildman–Crippen MR) is 43.1 cm³/mol. The van der Waals surface area contributed by atoms with Crippen LogP contribution in [-0.4, -0.2) is 29.3 Å². The monoisotopic (exact) mass is 257 g/mol. The summed E-state index contributed by atoms with van der Waals surface area (Å²) in [5.74, 6) is 0. The van der Waals surface area contributed by atoms with Crippen molar-refractivity contribution in [2.24, 2.45) is 5.73 Å². The number of carbonyl (C=O) groups excluding carboxylic acids is 1. The Bertz CT molecular complexity index is 140. The Morgan fingerprint density at radius 3 is 2.50 bits per heavy atom. The maximum atomic E-state index is 10.3. The van der Waals surface area contributed by atoms with E-state index in [0.29, 0.717) is 13.2 Å². The topological polar surface area (TPSA) is 61.6 Å². The fraction of sp³-hybridized carbons (Fsp3) is 0.800. The molecular formula is C5H8INO3. The van der Waals surface area contributed by atoms with E-state index in [1.807, 2.05) is 0 Å². The SMILES string of the molecule is NC(=O)OC1(CI)COC1. The van der Waals surface area contributed by atoms with Crippen molar-refractivity contribution in [1.29, 1.82) is 0 Å². The molecule has 1 amide bonds. The summed E-state index contributed by atoms with van der Waals surface area (Å²) < 4.78 is 10.5. The van der Waals surface area contributed by atoms with E-state index in [2.05, 4.69) is 22.6 Å². The molecule has 58 valence electrons. The quantitative estimate of drug-likeness (QED) is 0.571. The van der Waals surface area contributed by atoms with Crippen molar-refractivity contribution in [2.75, 3.05) is 17.6 Å². The lowest BCUT2D eigenvalue weighted by molar-refractivity contribution is -0.160. The highest BCUT2D eigenvalue weighted by Gasteiger charge is 2.41. The third-order valence-electron chi connectivity index (χ3n) is 1.29. The predicted octanol–water partition coefficient (Wildman–Crippen LogP) is 0.286. The van der Waals surface area contributed by atoms with Crippen LogP contribution in [0.1, 0.15) is 0 Å². The van der Waals surface area contributed by atoms with Gasteiger partial charge in [-0.2, -0.15) is 0 Å². The molecule has 1 rings (SSSR count). The zero-order valence-corrected chi connectivity index (χ0v) is 7.46. The average Bonchev–Trinajstić information content (AvgIpc) is 1.78. The number of rotatable bonds is 2. The van der Waals surface area contributed by atoms with Gasteiger partial charge < -0.3 is 15.2 Å². The molecular weight excluding hydrogens is 249 g/mol. The zero-order chi connectivity index (χ0) is 7.61. The van der Waals surface area contributed by atoms with Crippen LogP contribution in [0.5, 0.6) is 0 Å². The molecule has 4 nitrogen and oxygen atoms in total. The summed E-state index contributed by atoms with van der Waals surface area (Å²) >= 11 is 2.14. The highest BCUT2D eigenvalue weighted by molar-refractivity contribution is 14.1. The van der Waals surface area contributed by atoms with Crippen molar-refractivity contribution in [2.45, 2.75) is 5.60 Å². The average molecular weight is 257 g/mol. The largest absolute Gasteiger partial charge is 0.437 e. The first-order valence-corrected chi connectivity index (χ1v) is 4.33. The van der Waals surface area contributed by atoms with Gasteiger partial charge in [0, 0.05) is 4.43 Å². The molecule has 1 heterocycles. The van der Waals surface area contributed by atoms with E-state index in [0.717, 1.165) is 4.43 Å². The molecule has 1 aliphatic heterocycles. The van der Waals surface area contributed by atoms with Crippen LogP contribution in [0.2, 0.25) is 0 Å². The number of halogens is 1. The summed E-state index contributed by atoms with van der Waals surface area (Å²) in [6.07, 6.45) is -0.722. The van der Waals surface area contributed by atoms with Gasteiger partial charge >= 0.3 is 6.09 Å². The van der Waals surface area contributed by atoms with Gasteiger partial charge in [-0.3, -0.25) is 0 Å². The molecule has 0 aromatic heterocycles. The molecule has 0 unspecified atom stereocenters. The first-order valence-electron chi connectivity index (χ1n) is 2.81. The number of nitrogens with two attached hydrogens (primary N) is 1. The van der Waals surface area contributed by atoms with Gasteiger partial charge in [-0.1, -0.05) is 22.6 Å². The molecule has 1 aliphatic rings. The summed E-state index contributed by atoms with van der Waals surface area (Å²) in [6.45, 7) is 0.942. The van der Waals surface area contributed by atoms with E-state index in [9.17, 15) is 4.79 Å². The van der Waals surface area contributed by atoms with Crippen LogP contribution in [-0.2, 0) is 9.47 Å². The molecule has 1 fully saturated rings. The van der Waals surface area contributed by atoms with Gasteiger partial charge in [-0.25, -0.2) is 4.79 Å². The van der Waals surface area contributed by atoms with Gasteiger partial charge in [0.15, 0.2) is 5.60 Å². The molecule has 0 radical (unpaired) electrons. The highest BCUT2D eigenvalue weighted by atomic mass is 127. The van der Waals surface area contributed by atoms with Gasteiger partial charge in [0.1, 0.15) is 0 Å². The standard InChI is InChI=1S/C5H8INO3/c6-1-5(2-9-3-5)10-4(7)8/h1-3H2,(H2,7,8). The lowest BCUT2D eigenvalue weighted by atomic mass is 10.1. The fourth-order valence-electron chi connectivity index (χ4n) is 0.706. The van der Waals surface area contributed by atoms with E-state index >= 15 is 0 Å². The number of carbonyl (C=O) groups is 1. The van der Waals surface area contributed by atoms with Gasteiger partial charge in [-0.15, -0.1) is 0 Å². The van der Waals surface area contributed by atoms with Gasteiger partial charge in [-0.05, 0) is 0 Å². The Balaban J connectivity index is 2.40. The van der Waals surface area contributed by atoms with Gasteiger partial charge in [0.25, 0.3) is 0 Å². The normalized spacial score (nSPS) is 21.3. The van der Waals surface area contributed by atoms with Crippen LogP contribution in [0.25, 0.3) is 0 Å². The lowest BCUT2D eigenvalue weighted by Gasteiger charge is -2.38. The van der Waals surface area contributed by atoms with Crippen LogP contribution >= 0.6 is 22.6 Å². The number of hydrogen-bond donors (Lipinski definition) is 1. The second-order valence-electron chi connectivity index (χ2n) is 2.23. The number of primary amides is 1. The molecule has 10 heavy (non-hydrogen) atoms. The molecule has 2 N–H and O–H groups in total. The first kappa shape index (κ1) is 8.06. The smallest absolute Gasteiger partial charge is 0.405 e. The summed E-state index contributed by atoms with van der Waals surface area (Å²) in [6, 6.07) is 0. The van der Waals surface area contributed by atoms with E-state index in [4.69, 9.17) is 15.2 Å². The minimum atomic E-state index is -0.722. The van der Waals surface area contributed by atoms with E-state index < -0.39 is 11.7 Å². The number of alkyl halides is 1. The minimum Gasteiger partial charge on any atom is -0.437 e. The van der Waals surface area contributed by atoms with Crippen molar-refractivity contribution in [1.82, 2.24) is 0 Å². The third kappa shape index (κ3) is 1.51. The first-order chi connectivity index (χ1) is 4.68. The van der Waals surface area contributed by atoms with Gasteiger partial charge in [0.2, 0.25) is 0 Å². The number of ether oxygens (including phenoxy) is 2. The minimum absolute atomic E-state index is 0.424. The molecule has 0 aliphatic carbocycles. The van der Waals surface area contributed by atoms with E-state index in [1.165, 1.54) is 0 Å². The summed E-state index contributed by atoms with van der Waals surface area (Å²) in [5.41, 5.74) is 4.42.